The Morgan fingerprint density at radius 1 is 1.27 bits per heavy atom. The van der Waals surface area contributed by atoms with E-state index in [2.05, 4.69) is 39.3 Å². The molecule has 2 heterocycles. The van der Waals surface area contributed by atoms with E-state index in [1.807, 2.05) is 24.3 Å². The van der Waals surface area contributed by atoms with Crippen LogP contribution in [-0.2, 0) is 4.79 Å². The van der Waals surface area contributed by atoms with E-state index in [1.54, 1.807) is 0 Å². The summed E-state index contributed by atoms with van der Waals surface area (Å²) in [7, 11) is 0. The molecule has 0 aliphatic heterocycles. The van der Waals surface area contributed by atoms with Gasteiger partial charge in [-0.25, -0.2) is 4.98 Å². The van der Waals surface area contributed by atoms with Crippen LogP contribution in [0.2, 0.25) is 0 Å². The number of carbonyl (C=O) groups excluding carboxylic acids is 1. The first-order chi connectivity index (χ1) is 12.6. The van der Waals surface area contributed by atoms with E-state index < -0.39 is 0 Å². The summed E-state index contributed by atoms with van der Waals surface area (Å²) in [5.41, 5.74) is 2.46. The fraction of sp³-hybridized carbons (Fsp3) is 0.474. The van der Waals surface area contributed by atoms with E-state index in [0.29, 0.717) is 28.4 Å². The first-order valence-electron chi connectivity index (χ1n) is 9.15. The third kappa shape index (κ3) is 3.40. The van der Waals surface area contributed by atoms with Gasteiger partial charge >= 0.3 is 0 Å². The predicted octanol–water partition coefficient (Wildman–Crippen LogP) is 3.54. The predicted molar refractivity (Wildman–Crippen MR) is 104 cm³/mol. The highest BCUT2D eigenvalue weighted by molar-refractivity contribution is 7.99. The molecule has 3 atom stereocenters. The van der Waals surface area contributed by atoms with Crippen molar-refractivity contribution in [3.63, 3.8) is 0 Å². The standard InChI is InChI=1S/C19H23N5OS/c1-11-6-5-9-14(12(11)2)20-16(25)10-26-19-22-18-17(23-24-19)13-7-3-4-8-15(13)21-18/h3-4,7-8,11-12,14H,5-6,9-10H2,1-2H3,(H,20,25)(H,21,22,24)/t11-,12-,14-/m1/s1. The van der Waals surface area contributed by atoms with Crippen LogP contribution in [0.1, 0.15) is 33.1 Å². The maximum atomic E-state index is 12.3. The number of thioether (sulfide) groups is 1. The Balaban J connectivity index is 1.41. The summed E-state index contributed by atoms with van der Waals surface area (Å²) < 4.78 is 0. The van der Waals surface area contributed by atoms with Crippen molar-refractivity contribution >= 4 is 39.7 Å². The van der Waals surface area contributed by atoms with E-state index in [-0.39, 0.29) is 11.9 Å². The number of hydrogen-bond donors (Lipinski definition) is 2. The van der Waals surface area contributed by atoms with Crippen LogP contribution in [0.3, 0.4) is 0 Å². The molecule has 4 rings (SSSR count). The summed E-state index contributed by atoms with van der Waals surface area (Å²) in [6.07, 6.45) is 3.51. The Kier molecular flexibility index (Phi) is 4.80. The molecule has 7 heteroatoms. The number of amides is 1. The minimum absolute atomic E-state index is 0.0429. The molecule has 1 amide bonds. The van der Waals surface area contributed by atoms with E-state index in [1.165, 1.54) is 24.6 Å². The van der Waals surface area contributed by atoms with Gasteiger partial charge in [0.2, 0.25) is 11.1 Å². The molecule has 1 saturated carbocycles. The van der Waals surface area contributed by atoms with Gasteiger partial charge in [-0.15, -0.1) is 10.2 Å². The van der Waals surface area contributed by atoms with E-state index in [0.717, 1.165) is 22.8 Å². The van der Waals surface area contributed by atoms with Crippen LogP contribution in [0.4, 0.5) is 0 Å². The summed E-state index contributed by atoms with van der Waals surface area (Å²) in [4.78, 5) is 20.1. The van der Waals surface area contributed by atoms with Gasteiger partial charge < -0.3 is 10.3 Å². The van der Waals surface area contributed by atoms with Crippen molar-refractivity contribution in [2.45, 2.75) is 44.3 Å². The average Bonchev–Trinajstić information content (AvgIpc) is 3.01. The second-order valence-electron chi connectivity index (χ2n) is 7.19. The molecular formula is C19H23N5OS. The Labute approximate surface area is 156 Å². The number of H-pyrrole nitrogens is 1. The van der Waals surface area contributed by atoms with Gasteiger partial charge in [0.05, 0.1) is 5.75 Å². The van der Waals surface area contributed by atoms with Crippen molar-refractivity contribution in [3.8, 4) is 0 Å². The minimum atomic E-state index is 0.0429. The second kappa shape index (κ2) is 7.23. The molecule has 0 spiro atoms. The molecule has 1 aliphatic rings. The van der Waals surface area contributed by atoms with Gasteiger partial charge in [-0.3, -0.25) is 4.79 Å². The molecular weight excluding hydrogens is 346 g/mol. The molecule has 2 aromatic heterocycles. The van der Waals surface area contributed by atoms with Crippen molar-refractivity contribution in [1.29, 1.82) is 0 Å². The van der Waals surface area contributed by atoms with Crippen LogP contribution in [0.25, 0.3) is 22.1 Å². The molecule has 0 saturated heterocycles. The highest BCUT2D eigenvalue weighted by Gasteiger charge is 2.28. The number of nitrogens with one attached hydrogen (secondary N) is 2. The first-order valence-corrected chi connectivity index (χ1v) is 10.1. The highest BCUT2D eigenvalue weighted by Crippen LogP contribution is 2.29. The number of carbonyl (C=O) groups is 1. The van der Waals surface area contributed by atoms with Crippen molar-refractivity contribution in [1.82, 2.24) is 25.5 Å². The summed E-state index contributed by atoms with van der Waals surface area (Å²) in [5, 5.41) is 13.2. The molecule has 1 fully saturated rings. The Morgan fingerprint density at radius 3 is 3.00 bits per heavy atom. The Morgan fingerprint density at radius 2 is 2.12 bits per heavy atom. The quantitative estimate of drug-likeness (QED) is 0.687. The molecule has 2 N–H and O–H groups in total. The fourth-order valence-electron chi connectivity index (χ4n) is 3.73. The van der Waals surface area contributed by atoms with Gasteiger partial charge in [-0.1, -0.05) is 56.7 Å². The first kappa shape index (κ1) is 17.3. The van der Waals surface area contributed by atoms with Crippen molar-refractivity contribution in [2.24, 2.45) is 11.8 Å². The van der Waals surface area contributed by atoms with Crippen LogP contribution < -0.4 is 5.32 Å². The summed E-state index contributed by atoms with van der Waals surface area (Å²) in [6.45, 7) is 4.51. The smallest absolute Gasteiger partial charge is 0.230 e. The normalized spacial score (nSPS) is 23.4. The average molecular weight is 369 g/mol. The lowest BCUT2D eigenvalue weighted by atomic mass is 9.78. The molecule has 136 valence electrons. The largest absolute Gasteiger partial charge is 0.352 e. The van der Waals surface area contributed by atoms with Gasteiger partial charge in [0.1, 0.15) is 5.52 Å². The Bertz CT molecular complexity index is 940. The number of aromatic amines is 1. The minimum Gasteiger partial charge on any atom is -0.352 e. The van der Waals surface area contributed by atoms with Crippen LogP contribution in [0.5, 0.6) is 0 Å². The zero-order chi connectivity index (χ0) is 18.1. The second-order valence-corrected chi connectivity index (χ2v) is 8.13. The number of aromatic nitrogens is 4. The van der Waals surface area contributed by atoms with Crippen LogP contribution in [0, 0.1) is 11.8 Å². The van der Waals surface area contributed by atoms with E-state index in [4.69, 9.17) is 0 Å². The summed E-state index contributed by atoms with van der Waals surface area (Å²) in [6, 6.07) is 8.21. The van der Waals surface area contributed by atoms with Gasteiger partial charge in [0.25, 0.3) is 0 Å². The molecule has 3 aromatic rings. The monoisotopic (exact) mass is 369 g/mol. The molecule has 1 aromatic carbocycles. The van der Waals surface area contributed by atoms with Crippen LogP contribution in [-0.4, -0.2) is 37.9 Å². The van der Waals surface area contributed by atoms with Gasteiger partial charge in [-0.2, -0.15) is 0 Å². The lowest BCUT2D eigenvalue weighted by Gasteiger charge is -2.34. The highest BCUT2D eigenvalue weighted by atomic mass is 32.2. The lowest BCUT2D eigenvalue weighted by Crippen LogP contribution is -2.44. The fourth-order valence-corrected chi connectivity index (χ4v) is 4.33. The summed E-state index contributed by atoms with van der Waals surface area (Å²) >= 11 is 1.33. The SMILES string of the molecule is C[C@@H]1[C@H](C)CCC[C@H]1NC(=O)CSc1nnc2c(n1)[nH]c1ccccc12. The maximum Gasteiger partial charge on any atom is 0.230 e. The number of hydrogen-bond acceptors (Lipinski definition) is 5. The lowest BCUT2D eigenvalue weighted by molar-refractivity contribution is -0.120. The third-order valence-corrected chi connectivity index (χ3v) is 6.33. The molecule has 0 unspecified atom stereocenters. The third-order valence-electron chi connectivity index (χ3n) is 5.49. The number of nitrogens with zero attached hydrogens (tertiary/aromatic N) is 3. The number of para-hydroxylation sites is 1. The molecule has 0 bridgehead atoms. The van der Waals surface area contributed by atoms with Crippen molar-refractivity contribution in [3.05, 3.63) is 24.3 Å². The molecule has 0 radical (unpaired) electrons. The van der Waals surface area contributed by atoms with Crippen molar-refractivity contribution in [2.75, 3.05) is 5.75 Å². The van der Waals surface area contributed by atoms with Gasteiger partial charge in [0.15, 0.2) is 5.65 Å². The summed E-state index contributed by atoms with van der Waals surface area (Å²) in [5.74, 6) is 1.55. The van der Waals surface area contributed by atoms with Gasteiger partial charge in [0, 0.05) is 16.9 Å². The topological polar surface area (TPSA) is 83.6 Å². The van der Waals surface area contributed by atoms with Crippen LogP contribution in [0.15, 0.2) is 29.4 Å². The number of rotatable bonds is 4. The zero-order valence-electron chi connectivity index (χ0n) is 15.0. The Hall–Kier alpha value is -2.15. The molecule has 1 aliphatic carbocycles. The van der Waals surface area contributed by atoms with Crippen molar-refractivity contribution < 1.29 is 4.79 Å². The maximum absolute atomic E-state index is 12.3. The van der Waals surface area contributed by atoms with Crippen LogP contribution >= 0.6 is 11.8 Å². The van der Waals surface area contributed by atoms with E-state index >= 15 is 0 Å². The number of benzene rings is 1. The zero-order valence-corrected chi connectivity index (χ0v) is 15.8. The number of fused-ring (bicyclic) bond motifs is 3. The van der Waals surface area contributed by atoms with E-state index in [9.17, 15) is 4.79 Å². The molecule has 26 heavy (non-hydrogen) atoms. The molecule has 6 nitrogen and oxygen atoms in total. The van der Waals surface area contributed by atoms with Gasteiger partial charge in [-0.05, 0) is 24.3 Å².